The molecule has 4 aliphatic rings. The summed E-state index contributed by atoms with van der Waals surface area (Å²) in [5.74, 6) is -4.05. The molecule has 2 saturated carbocycles. The highest BCUT2D eigenvalue weighted by molar-refractivity contribution is 6.63. The van der Waals surface area contributed by atoms with Gasteiger partial charge >= 0.3 is 23.9 Å². The molecule has 2 heterocycles. The van der Waals surface area contributed by atoms with Crippen LogP contribution >= 0.6 is 0 Å². The number of hydrogen-bond acceptors (Lipinski definition) is 16. The van der Waals surface area contributed by atoms with Gasteiger partial charge in [-0.3, -0.25) is 10.9 Å². The molecule has 2 aliphatic carbocycles. The largest absolute Gasteiger partial charge is 0.497 e. The van der Waals surface area contributed by atoms with Crippen molar-refractivity contribution in [1.82, 2.24) is 0 Å². The van der Waals surface area contributed by atoms with E-state index < -0.39 is 46.9 Å². The lowest BCUT2D eigenvalue weighted by Gasteiger charge is -2.45. The van der Waals surface area contributed by atoms with Crippen LogP contribution in [0.25, 0.3) is 0 Å². The van der Waals surface area contributed by atoms with E-state index in [0.29, 0.717) is 62.7 Å². The van der Waals surface area contributed by atoms with E-state index in [4.69, 9.17) is 28.4 Å². The first-order chi connectivity index (χ1) is 29.1. The molecule has 4 aromatic carbocycles. The smallest absolute Gasteiger partial charge is 0.369 e. The van der Waals surface area contributed by atoms with E-state index in [1.807, 2.05) is 72.8 Å². The zero-order valence-electron chi connectivity index (χ0n) is 33.0. The maximum absolute atomic E-state index is 13.0. The van der Waals surface area contributed by atoms with Crippen molar-refractivity contribution in [3.05, 3.63) is 97.1 Å². The molecule has 8 rings (SSSR count). The maximum atomic E-state index is 13.0. The number of methoxy groups -OCH3 is 2. The predicted octanol–water partition coefficient (Wildman–Crippen LogP) is 7.40. The number of rotatable bonds is 11. The number of carbonyl (C=O) groups excluding carboxylic acids is 4. The van der Waals surface area contributed by atoms with Crippen LogP contribution in [0.3, 0.4) is 0 Å². The van der Waals surface area contributed by atoms with E-state index in [2.05, 4.69) is 31.7 Å². The normalized spacial score (nSPS) is 23.7. The van der Waals surface area contributed by atoms with Crippen molar-refractivity contribution in [2.45, 2.75) is 62.9 Å². The van der Waals surface area contributed by atoms with E-state index in [0.717, 1.165) is 34.2 Å². The number of carbonyl (C=O) groups is 4. The molecular weight excluding hydrogens is 773 g/mol. The van der Waals surface area contributed by atoms with Gasteiger partial charge in [0, 0.05) is 48.4 Å². The third-order valence-corrected chi connectivity index (χ3v) is 11.3. The number of ether oxygens (including phenoxy) is 6. The molecule has 0 atom stereocenters. The van der Waals surface area contributed by atoms with Gasteiger partial charge < -0.3 is 39.1 Å². The van der Waals surface area contributed by atoms with Crippen molar-refractivity contribution in [2.24, 2.45) is 22.0 Å². The third kappa shape index (κ3) is 8.97. The van der Waals surface area contributed by atoms with Crippen LogP contribution in [0.4, 0.5) is 34.1 Å². The molecule has 4 fully saturated rings. The van der Waals surface area contributed by atoms with Crippen molar-refractivity contribution in [1.29, 1.82) is 0 Å². The molecule has 0 bridgehead atoms. The van der Waals surface area contributed by atoms with Crippen LogP contribution in [0.1, 0.15) is 51.4 Å². The summed E-state index contributed by atoms with van der Waals surface area (Å²) in [6.45, 7) is 0. The standard InChI is InChI=1S/C44H44N6O10/c1-55-35-15-11-31(12-16-35)45-29-3-7-33(8-4-29)47-49-37-39(51)57-43(58-40(37)52)23-19-27(20-24-43)28-21-25-44(26-22-28)59-41(53)38(42(54)60-44)50-48-34-9-5-30(6-10-34)46-32-13-17-36(56-2)18-14-32/h3-18,27-28,45-48H,19-26H2,1-2H3. The molecule has 310 valence electrons. The quantitative estimate of drug-likeness (QED) is 0.0863. The number of anilines is 6. The molecular formula is C44H44N6O10. The Morgan fingerprint density at radius 2 is 0.717 bits per heavy atom. The average Bonchev–Trinajstić information content (AvgIpc) is 3.25. The Kier molecular flexibility index (Phi) is 11.3. The van der Waals surface area contributed by atoms with Crippen molar-refractivity contribution in [3.63, 3.8) is 0 Å². The molecule has 2 spiro atoms. The van der Waals surface area contributed by atoms with Crippen LogP contribution in [0.5, 0.6) is 11.5 Å². The summed E-state index contributed by atoms with van der Waals surface area (Å²) in [4.78, 5) is 52.1. The van der Waals surface area contributed by atoms with E-state index in [9.17, 15) is 19.2 Å². The van der Waals surface area contributed by atoms with Gasteiger partial charge in [-0.05, 0) is 135 Å². The number of hydrogen-bond donors (Lipinski definition) is 4. The minimum absolute atomic E-state index is 0.249. The van der Waals surface area contributed by atoms with Crippen molar-refractivity contribution in [3.8, 4) is 11.5 Å². The van der Waals surface area contributed by atoms with E-state index in [-0.39, 0.29) is 11.8 Å². The molecule has 0 radical (unpaired) electrons. The molecule has 0 unspecified atom stereocenters. The first-order valence-corrected chi connectivity index (χ1v) is 19.7. The monoisotopic (exact) mass is 816 g/mol. The fraction of sp³-hybridized carbons (Fsp3) is 0.318. The fourth-order valence-corrected chi connectivity index (χ4v) is 7.95. The Morgan fingerprint density at radius 1 is 0.450 bits per heavy atom. The van der Waals surface area contributed by atoms with Gasteiger partial charge in [0.2, 0.25) is 0 Å². The Hall–Kier alpha value is -7.10. The topological polar surface area (TPSA) is 196 Å². The zero-order valence-corrected chi connectivity index (χ0v) is 33.0. The molecule has 0 amide bonds. The lowest BCUT2D eigenvalue weighted by Crippen LogP contribution is -2.54. The number of nitrogens with one attached hydrogen (secondary N) is 4. The fourth-order valence-electron chi connectivity index (χ4n) is 7.95. The minimum atomic E-state index is -1.34. The van der Waals surface area contributed by atoms with Crippen molar-refractivity contribution in [2.75, 3.05) is 35.7 Å². The molecule has 2 saturated heterocycles. The highest BCUT2D eigenvalue weighted by Crippen LogP contribution is 2.47. The zero-order chi connectivity index (χ0) is 41.7. The maximum Gasteiger partial charge on any atom is 0.369 e. The minimum Gasteiger partial charge on any atom is -0.497 e. The van der Waals surface area contributed by atoms with Crippen LogP contribution in [0, 0.1) is 11.8 Å². The van der Waals surface area contributed by atoms with E-state index in [1.165, 1.54) is 0 Å². The summed E-state index contributed by atoms with van der Waals surface area (Å²) in [6.07, 6.45) is 4.00. The Morgan fingerprint density at radius 3 is 1.00 bits per heavy atom. The van der Waals surface area contributed by atoms with E-state index >= 15 is 0 Å². The summed E-state index contributed by atoms with van der Waals surface area (Å²) in [6, 6.07) is 29.3. The Labute approximate surface area is 345 Å². The lowest BCUT2D eigenvalue weighted by molar-refractivity contribution is -0.248. The second-order valence-corrected chi connectivity index (χ2v) is 15.1. The highest BCUT2D eigenvalue weighted by Gasteiger charge is 2.53. The molecule has 16 nitrogen and oxygen atoms in total. The third-order valence-electron chi connectivity index (χ3n) is 11.3. The second-order valence-electron chi connectivity index (χ2n) is 15.1. The second kappa shape index (κ2) is 17.0. The van der Waals surface area contributed by atoms with Gasteiger partial charge in [0.05, 0.1) is 25.6 Å². The van der Waals surface area contributed by atoms with Crippen molar-refractivity contribution < 1.29 is 47.6 Å². The number of nitrogens with zero attached hydrogens (tertiary/aromatic N) is 2. The van der Waals surface area contributed by atoms with Gasteiger partial charge in [0.25, 0.3) is 23.0 Å². The molecule has 4 N–H and O–H groups in total. The van der Waals surface area contributed by atoms with Gasteiger partial charge in [-0.2, -0.15) is 10.2 Å². The molecule has 2 aliphatic heterocycles. The summed E-state index contributed by atoms with van der Waals surface area (Å²) >= 11 is 0. The SMILES string of the molecule is COc1ccc(Nc2ccc(NN=C3C(=O)OC4(CCC(C5CCC6(CC5)OC(=O)C(=NNc5ccc(Nc7ccc(OC)cc7)cc5)C(=O)O6)CC4)OC3=O)cc2)cc1. The summed E-state index contributed by atoms with van der Waals surface area (Å²) < 4.78 is 33.3. The number of benzene rings is 4. The highest BCUT2D eigenvalue weighted by atomic mass is 16.8. The predicted molar refractivity (Wildman–Crippen MR) is 221 cm³/mol. The molecule has 0 aromatic heterocycles. The Balaban J connectivity index is 0.778. The molecule has 16 heteroatoms. The van der Waals surface area contributed by atoms with Crippen LogP contribution in [-0.4, -0.2) is 61.1 Å². The van der Waals surface area contributed by atoms with Crippen molar-refractivity contribution >= 4 is 69.4 Å². The first-order valence-electron chi connectivity index (χ1n) is 19.7. The first kappa shape index (κ1) is 39.7. The number of hydrazone groups is 2. The van der Waals surface area contributed by atoms with Crippen LogP contribution < -0.4 is 31.0 Å². The molecule has 60 heavy (non-hydrogen) atoms. The van der Waals surface area contributed by atoms with Crippen LogP contribution in [0.15, 0.2) is 107 Å². The summed E-state index contributed by atoms with van der Waals surface area (Å²) in [5.41, 5.74) is 9.09. The van der Waals surface area contributed by atoms with Crippen LogP contribution in [0.2, 0.25) is 0 Å². The average molecular weight is 817 g/mol. The van der Waals surface area contributed by atoms with Gasteiger partial charge in [0.1, 0.15) is 11.5 Å². The van der Waals surface area contributed by atoms with Gasteiger partial charge in [0.15, 0.2) is 0 Å². The number of esters is 4. The van der Waals surface area contributed by atoms with Gasteiger partial charge in [-0.1, -0.05) is 0 Å². The summed E-state index contributed by atoms with van der Waals surface area (Å²) in [5, 5.41) is 14.6. The summed E-state index contributed by atoms with van der Waals surface area (Å²) in [7, 11) is 3.22. The lowest BCUT2D eigenvalue weighted by atomic mass is 9.70. The van der Waals surface area contributed by atoms with Gasteiger partial charge in [-0.15, -0.1) is 0 Å². The molecule has 4 aromatic rings. The Bertz CT molecular complexity index is 2070. The van der Waals surface area contributed by atoms with Gasteiger partial charge in [-0.25, -0.2) is 19.2 Å². The van der Waals surface area contributed by atoms with Crippen LogP contribution in [-0.2, 0) is 38.1 Å². The van der Waals surface area contributed by atoms with E-state index in [1.54, 1.807) is 38.5 Å².